The van der Waals surface area contributed by atoms with Crippen molar-refractivity contribution >= 4 is 17.7 Å². The van der Waals surface area contributed by atoms with Gasteiger partial charge < -0.3 is 14.8 Å². The smallest absolute Gasteiger partial charge is 0.414 e. The normalized spacial score (nSPS) is 23.0. The van der Waals surface area contributed by atoms with Crippen LogP contribution in [0.3, 0.4) is 0 Å². The van der Waals surface area contributed by atoms with Crippen LogP contribution in [-0.4, -0.2) is 43.4 Å². The SMILES string of the molecule is CC1(C)CCC(CNC(=O)c2cccc(N3CCOC3=O)c2)O1. The molecule has 2 aliphatic rings. The predicted molar refractivity (Wildman–Crippen MR) is 85.7 cm³/mol. The van der Waals surface area contributed by atoms with E-state index in [1.54, 1.807) is 24.3 Å². The minimum absolute atomic E-state index is 0.0608. The lowest BCUT2D eigenvalue weighted by Gasteiger charge is -2.19. The highest BCUT2D eigenvalue weighted by Crippen LogP contribution is 2.28. The third kappa shape index (κ3) is 3.64. The van der Waals surface area contributed by atoms with Gasteiger partial charge in [-0.2, -0.15) is 0 Å². The molecule has 2 aliphatic heterocycles. The fourth-order valence-electron chi connectivity index (χ4n) is 2.97. The van der Waals surface area contributed by atoms with E-state index in [1.807, 2.05) is 0 Å². The number of nitrogens with one attached hydrogen (secondary N) is 1. The van der Waals surface area contributed by atoms with Crippen molar-refractivity contribution in [1.82, 2.24) is 5.32 Å². The molecule has 124 valence electrons. The maximum absolute atomic E-state index is 12.3. The maximum atomic E-state index is 12.3. The van der Waals surface area contributed by atoms with E-state index < -0.39 is 0 Å². The third-order valence-corrected chi connectivity index (χ3v) is 4.23. The van der Waals surface area contributed by atoms with Gasteiger partial charge in [-0.1, -0.05) is 6.07 Å². The van der Waals surface area contributed by atoms with E-state index in [0.29, 0.717) is 30.9 Å². The van der Waals surface area contributed by atoms with Crippen LogP contribution < -0.4 is 10.2 Å². The standard InChI is InChI=1S/C17H22N2O4/c1-17(2)7-6-14(23-17)11-18-15(20)12-4-3-5-13(10-12)19-8-9-22-16(19)21/h3-5,10,14H,6-9,11H2,1-2H3,(H,18,20). The Morgan fingerprint density at radius 3 is 2.91 bits per heavy atom. The molecule has 3 rings (SSSR count). The Balaban J connectivity index is 1.60. The fourth-order valence-corrected chi connectivity index (χ4v) is 2.97. The van der Waals surface area contributed by atoms with Gasteiger partial charge in [0.2, 0.25) is 0 Å². The topological polar surface area (TPSA) is 67.9 Å². The van der Waals surface area contributed by atoms with Crippen LogP contribution in [0.1, 0.15) is 37.0 Å². The predicted octanol–water partition coefficient (Wildman–Crippen LogP) is 2.33. The number of hydrogen-bond acceptors (Lipinski definition) is 4. The molecule has 2 heterocycles. The fraction of sp³-hybridized carbons (Fsp3) is 0.529. The molecule has 23 heavy (non-hydrogen) atoms. The minimum Gasteiger partial charge on any atom is -0.447 e. The van der Waals surface area contributed by atoms with Gasteiger partial charge in [-0.25, -0.2) is 4.79 Å². The van der Waals surface area contributed by atoms with Gasteiger partial charge in [0.1, 0.15) is 6.61 Å². The molecule has 1 unspecified atom stereocenters. The first-order valence-corrected chi connectivity index (χ1v) is 7.95. The van der Waals surface area contributed by atoms with Gasteiger partial charge in [-0.15, -0.1) is 0 Å². The van der Waals surface area contributed by atoms with E-state index in [2.05, 4.69) is 19.2 Å². The van der Waals surface area contributed by atoms with Gasteiger partial charge >= 0.3 is 6.09 Å². The Morgan fingerprint density at radius 2 is 2.26 bits per heavy atom. The van der Waals surface area contributed by atoms with Crippen LogP contribution in [0, 0.1) is 0 Å². The molecule has 0 radical (unpaired) electrons. The summed E-state index contributed by atoms with van der Waals surface area (Å²) in [7, 11) is 0. The van der Waals surface area contributed by atoms with E-state index in [-0.39, 0.29) is 23.7 Å². The summed E-state index contributed by atoms with van der Waals surface area (Å²) < 4.78 is 10.8. The minimum atomic E-state index is -0.371. The number of amides is 2. The third-order valence-electron chi connectivity index (χ3n) is 4.23. The maximum Gasteiger partial charge on any atom is 0.414 e. The summed E-state index contributed by atoms with van der Waals surface area (Å²) in [5, 5.41) is 2.91. The van der Waals surface area contributed by atoms with Crippen molar-refractivity contribution in [3.63, 3.8) is 0 Å². The average Bonchev–Trinajstić information content (AvgIpc) is 3.10. The second-order valence-electron chi connectivity index (χ2n) is 6.56. The molecule has 0 bridgehead atoms. The van der Waals surface area contributed by atoms with Gasteiger partial charge in [0.25, 0.3) is 5.91 Å². The van der Waals surface area contributed by atoms with Crippen LogP contribution in [-0.2, 0) is 9.47 Å². The second kappa shape index (κ2) is 6.20. The van der Waals surface area contributed by atoms with Crippen LogP contribution in [0.25, 0.3) is 0 Å². The van der Waals surface area contributed by atoms with Crippen molar-refractivity contribution < 1.29 is 19.1 Å². The first kappa shape index (κ1) is 15.8. The number of ether oxygens (including phenoxy) is 2. The summed E-state index contributed by atoms with van der Waals surface area (Å²) in [4.78, 5) is 25.4. The van der Waals surface area contributed by atoms with Crippen LogP contribution >= 0.6 is 0 Å². The zero-order valence-corrected chi connectivity index (χ0v) is 13.5. The van der Waals surface area contributed by atoms with E-state index in [4.69, 9.17) is 9.47 Å². The van der Waals surface area contributed by atoms with Gasteiger partial charge in [-0.05, 0) is 44.9 Å². The molecule has 1 N–H and O–H groups in total. The van der Waals surface area contributed by atoms with Crippen molar-refractivity contribution in [1.29, 1.82) is 0 Å². The summed E-state index contributed by atoms with van der Waals surface area (Å²) in [6, 6.07) is 7.01. The highest BCUT2D eigenvalue weighted by atomic mass is 16.6. The van der Waals surface area contributed by atoms with E-state index in [0.717, 1.165) is 12.8 Å². The zero-order valence-electron chi connectivity index (χ0n) is 13.5. The molecule has 2 saturated heterocycles. The van der Waals surface area contributed by atoms with Crippen molar-refractivity contribution in [2.75, 3.05) is 24.6 Å². The Bertz CT molecular complexity index is 614. The molecule has 1 aromatic carbocycles. The number of nitrogens with zero attached hydrogens (tertiary/aromatic N) is 1. The molecular formula is C17H22N2O4. The van der Waals surface area contributed by atoms with E-state index >= 15 is 0 Å². The van der Waals surface area contributed by atoms with Gasteiger partial charge in [0.15, 0.2) is 0 Å². The number of cyclic esters (lactones) is 1. The molecule has 1 aromatic rings. The number of hydrogen-bond donors (Lipinski definition) is 1. The second-order valence-corrected chi connectivity index (χ2v) is 6.56. The van der Waals surface area contributed by atoms with Crippen LogP contribution in [0.15, 0.2) is 24.3 Å². The molecule has 0 aliphatic carbocycles. The summed E-state index contributed by atoms with van der Waals surface area (Å²) in [6.45, 7) is 5.51. The Kier molecular flexibility index (Phi) is 4.26. The lowest BCUT2D eigenvalue weighted by atomic mass is 10.1. The molecule has 0 aromatic heterocycles. The van der Waals surface area contributed by atoms with Crippen LogP contribution in [0.4, 0.5) is 10.5 Å². The summed E-state index contributed by atoms with van der Waals surface area (Å²) in [6.07, 6.45) is 1.64. The monoisotopic (exact) mass is 318 g/mol. The van der Waals surface area contributed by atoms with Crippen LogP contribution in [0.2, 0.25) is 0 Å². The van der Waals surface area contributed by atoms with Crippen molar-refractivity contribution in [2.45, 2.75) is 38.4 Å². The molecule has 6 nitrogen and oxygen atoms in total. The first-order valence-electron chi connectivity index (χ1n) is 7.95. The largest absolute Gasteiger partial charge is 0.447 e. The summed E-state index contributed by atoms with van der Waals surface area (Å²) in [5.74, 6) is -0.160. The summed E-state index contributed by atoms with van der Waals surface area (Å²) >= 11 is 0. The number of carbonyl (C=O) groups is 2. The quantitative estimate of drug-likeness (QED) is 0.925. The summed E-state index contributed by atoms with van der Waals surface area (Å²) in [5.41, 5.74) is 1.10. The van der Waals surface area contributed by atoms with E-state index in [9.17, 15) is 9.59 Å². The first-order chi connectivity index (χ1) is 10.9. The highest BCUT2D eigenvalue weighted by Gasteiger charge is 2.31. The number of benzene rings is 1. The Labute approximate surface area is 135 Å². The molecule has 1 atom stereocenters. The molecular weight excluding hydrogens is 296 g/mol. The highest BCUT2D eigenvalue weighted by molar-refractivity contribution is 5.97. The van der Waals surface area contributed by atoms with Crippen molar-refractivity contribution in [3.05, 3.63) is 29.8 Å². The number of anilines is 1. The van der Waals surface area contributed by atoms with Gasteiger partial charge in [-0.3, -0.25) is 9.69 Å². The Hall–Kier alpha value is -2.08. The lowest BCUT2D eigenvalue weighted by Crippen LogP contribution is -2.33. The molecule has 2 amide bonds. The van der Waals surface area contributed by atoms with Gasteiger partial charge in [0.05, 0.1) is 18.2 Å². The molecule has 6 heteroatoms. The number of rotatable bonds is 4. The number of carbonyl (C=O) groups excluding carboxylic acids is 2. The average molecular weight is 318 g/mol. The van der Waals surface area contributed by atoms with Crippen LogP contribution in [0.5, 0.6) is 0 Å². The Morgan fingerprint density at radius 1 is 1.43 bits per heavy atom. The molecule has 2 fully saturated rings. The zero-order chi connectivity index (χ0) is 16.4. The van der Waals surface area contributed by atoms with E-state index in [1.165, 1.54) is 4.90 Å². The molecule has 0 saturated carbocycles. The lowest BCUT2D eigenvalue weighted by molar-refractivity contribution is -0.0138. The van der Waals surface area contributed by atoms with Crippen molar-refractivity contribution in [3.8, 4) is 0 Å². The van der Waals surface area contributed by atoms with Crippen molar-refractivity contribution in [2.24, 2.45) is 0 Å². The molecule has 0 spiro atoms. The van der Waals surface area contributed by atoms with Gasteiger partial charge in [0, 0.05) is 17.8 Å².